The zero-order valence-corrected chi connectivity index (χ0v) is 11.8. The quantitative estimate of drug-likeness (QED) is 0.806. The molecule has 1 aromatic carbocycles. The summed E-state index contributed by atoms with van der Waals surface area (Å²) in [4.78, 5) is 2.42. The van der Waals surface area contributed by atoms with Crippen LogP contribution in [-0.4, -0.2) is 42.9 Å². The molecule has 1 aliphatic heterocycles. The first-order valence-electron chi connectivity index (χ1n) is 7.28. The number of para-hydroxylation sites is 1. The lowest BCUT2D eigenvalue weighted by molar-refractivity contribution is 0.126. The minimum atomic E-state index is 0.321. The van der Waals surface area contributed by atoms with E-state index in [4.69, 9.17) is 15.1 Å². The van der Waals surface area contributed by atoms with Crippen molar-refractivity contribution in [2.24, 2.45) is 5.92 Å². The molecule has 0 radical (unpaired) electrons. The van der Waals surface area contributed by atoms with E-state index in [0.717, 1.165) is 38.9 Å². The van der Waals surface area contributed by atoms with E-state index in [2.05, 4.69) is 11.0 Å². The fraction of sp³-hybridized carbons (Fsp3) is 0.562. The summed E-state index contributed by atoms with van der Waals surface area (Å²) in [5.41, 5.74) is 0.594. The lowest BCUT2D eigenvalue weighted by atomic mass is 9.98. The predicted octanol–water partition coefficient (Wildman–Crippen LogP) is 2.03. The van der Waals surface area contributed by atoms with Crippen LogP contribution in [0, 0.1) is 17.2 Å². The molecule has 2 rings (SSSR count). The lowest BCUT2D eigenvalue weighted by Gasteiger charge is -2.30. The Morgan fingerprint density at radius 3 is 2.75 bits per heavy atom. The zero-order valence-electron chi connectivity index (χ0n) is 11.8. The molecular weight excluding hydrogens is 252 g/mol. The van der Waals surface area contributed by atoms with Crippen LogP contribution in [0.2, 0.25) is 0 Å². The molecule has 1 aliphatic rings. The number of hydrogen-bond donors (Lipinski definition) is 1. The molecule has 0 aliphatic carbocycles. The van der Waals surface area contributed by atoms with Crippen molar-refractivity contribution in [2.45, 2.75) is 19.3 Å². The molecule has 4 nitrogen and oxygen atoms in total. The Balaban J connectivity index is 1.66. The molecule has 1 heterocycles. The number of aliphatic hydroxyl groups is 1. The van der Waals surface area contributed by atoms with Gasteiger partial charge in [-0.15, -0.1) is 0 Å². The molecule has 1 aromatic rings. The molecule has 0 bridgehead atoms. The normalized spacial score (nSPS) is 16.8. The van der Waals surface area contributed by atoms with Gasteiger partial charge in [0.1, 0.15) is 11.8 Å². The second-order valence-electron chi connectivity index (χ2n) is 5.28. The Kier molecular flexibility index (Phi) is 5.85. The van der Waals surface area contributed by atoms with Crippen LogP contribution in [0.15, 0.2) is 24.3 Å². The Morgan fingerprint density at radius 1 is 1.30 bits per heavy atom. The van der Waals surface area contributed by atoms with Gasteiger partial charge in [-0.1, -0.05) is 12.1 Å². The van der Waals surface area contributed by atoms with E-state index in [9.17, 15) is 0 Å². The Hall–Kier alpha value is -1.57. The summed E-state index contributed by atoms with van der Waals surface area (Å²) in [7, 11) is 0. The summed E-state index contributed by atoms with van der Waals surface area (Å²) in [6.07, 6.45) is 3.15. The van der Waals surface area contributed by atoms with E-state index >= 15 is 0 Å². The smallest absolute Gasteiger partial charge is 0.137 e. The highest BCUT2D eigenvalue weighted by molar-refractivity contribution is 5.42. The highest BCUT2D eigenvalue weighted by Crippen LogP contribution is 2.18. The molecule has 4 heteroatoms. The van der Waals surface area contributed by atoms with Gasteiger partial charge < -0.3 is 14.7 Å². The van der Waals surface area contributed by atoms with Crippen LogP contribution >= 0.6 is 0 Å². The first-order chi connectivity index (χ1) is 9.83. The van der Waals surface area contributed by atoms with Crippen molar-refractivity contribution in [2.75, 3.05) is 32.8 Å². The number of ether oxygens (including phenoxy) is 1. The van der Waals surface area contributed by atoms with E-state index in [1.165, 1.54) is 0 Å². The van der Waals surface area contributed by atoms with E-state index in [1.54, 1.807) is 6.07 Å². The van der Waals surface area contributed by atoms with Crippen LogP contribution in [0.4, 0.5) is 0 Å². The second kappa shape index (κ2) is 7.88. The van der Waals surface area contributed by atoms with E-state index < -0.39 is 0 Å². The summed E-state index contributed by atoms with van der Waals surface area (Å²) in [5.74, 6) is 1.17. The SMILES string of the molecule is N#Cc1ccccc1OCCCN1CCC(CO)CC1. The van der Waals surface area contributed by atoms with Crippen LogP contribution in [0.1, 0.15) is 24.8 Å². The summed E-state index contributed by atoms with van der Waals surface area (Å²) in [6.45, 7) is 4.12. The second-order valence-corrected chi connectivity index (χ2v) is 5.28. The molecule has 108 valence electrons. The third kappa shape index (κ3) is 4.22. The van der Waals surface area contributed by atoms with Crippen molar-refractivity contribution in [3.8, 4) is 11.8 Å². The van der Waals surface area contributed by atoms with Gasteiger partial charge in [-0.25, -0.2) is 0 Å². The highest BCUT2D eigenvalue weighted by atomic mass is 16.5. The van der Waals surface area contributed by atoms with Crippen LogP contribution in [0.25, 0.3) is 0 Å². The van der Waals surface area contributed by atoms with Crippen molar-refractivity contribution >= 4 is 0 Å². The van der Waals surface area contributed by atoms with Gasteiger partial charge in [0, 0.05) is 13.2 Å². The molecule has 0 atom stereocenters. The van der Waals surface area contributed by atoms with Gasteiger partial charge in [-0.05, 0) is 50.4 Å². The van der Waals surface area contributed by atoms with Crippen molar-refractivity contribution in [1.29, 1.82) is 5.26 Å². The van der Waals surface area contributed by atoms with Crippen molar-refractivity contribution < 1.29 is 9.84 Å². The Bertz CT molecular complexity index is 448. The number of nitriles is 1. The van der Waals surface area contributed by atoms with Gasteiger partial charge in [0.2, 0.25) is 0 Å². The number of benzene rings is 1. The van der Waals surface area contributed by atoms with Crippen LogP contribution in [-0.2, 0) is 0 Å². The molecule has 0 aromatic heterocycles. The molecule has 0 saturated carbocycles. The fourth-order valence-electron chi connectivity index (χ4n) is 2.55. The molecule has 0 amide bonds. The molecule has 20 heavy (non-hydrogen) atoms. The largest absolute Gasteiger partial charge is 0.492 e. The van der Waals surface area contributed by atoms with Gasteiger partial charge in [0.15, 0.2) is 0 Å². The third-order valence-electron chi connectivity index (χ3n) is 3.85. The van der Waals surface area contributed by atoms with Crippen molar-refractivity contribution in [3.63, 3.8) is 0 Å². The van der Waals surface area contributed by atoms with Gasteiger partial charge in [0.25, 0.3) is 0 Å². The number of piperidine rings is 1. The molecule has 1 saturated heterocycles. The Labute approximate surface area is 120 Å². The fourth-order valence-corrected chi connectivity index (χ4v) is 2.55. The standard InChI is InChI=1S/C16H22N2O2/c17-12-15-4-1-2-5-16(15)20-11-3-8-18-9-6-14(13-19)7-10-18/h1-2,4-5,14,19H,3,6-11,13H2. The van der Waals surface area contributed by atoms with Gasteiger partial charge >= 0.3 is 0 Å². The average Bonchev–Trinajstić information content (AvgIpc) is 2.52. The highest BCUT2D eigenvalue weighted by Gasteiger charge is 2.17. The summed E-state index contributed by atoms with van der Waals surface area (Å²) < 4.78 is 5.67. The lowest BCUT2D eigenvalue weighted by Crippen LogP contribution is -2.35. The molecule has 0 unspecified atom stereocenters. The van der Waals surface area contributed by atoms with Gasteiger partial charge in [-0.3, -0.25) is 0 Å². The minimum Gasteiger partial charge on any atom is -0.492 e. The maximum Gasteiger partial charge on any atom is 0.137 e. The number of rotatable bonds is 6. The zero-order chi connectivity index (χ0) is 14.2. The summed E-state index contributed by atoms with van der Waals surface area (Å²) in [5, 5.41) is 18.1. The molecule has 1 N–H and O–H groups in total. The van der Waals surface area contributed by atoms with E-state index in [0.29, 0.717) is 30.4 Å². The molecule has 1 fully saturated rings. The first-order valence-corrected chi connectivity index (χ1v) is 7.28. The van der Waals surface area contributed by atoms with Gasteiger partial charge in [-0.2, -0.15) is 5.26 Å². The number of nitrogens with zero attached hydrogens (tertiary/aromatic N) is 2. The maximum absolute atomic E-state index is 9.10. The third-order valence-corrected chi connectivity index (χ3v) is 3.85. The Morgan fingerprint density at radius 2 is 2.05 bits per heavy atom. The number of aliphatic hydroxyl groups excluding tert-OH is 1. The predicted molar refractivity (Wildman–Crippen MR) is 77.5 cm³/mol. The van der Waals surface area contributed by atoms with Crippen LogP contribution in [0.5, 0.6) is 5.75 Å². The van der Waals surface area contributed by atoms with Crippen molar-refractivity contribution in [3.05, 3.63) is 29.8 Å². The van der Waals surface area contributed by atoms with Crippen LogP contribution < -0.4 is 4.74 Å². The minimum absolute atomic E-state index is 0.321. The number of hydrogen-bond acceptors (Lipinski definition) is 4. The van der Waals surface area contributed by atoms with E-state index in [-0.39, 0.29) is 0 Å². The van der Waals surface area contributed by atoms with E-state index in [1.807, 2.05) is 18.2 Å². The van der Waals surface area contributed by atoms with Crippen LogP contribution in [0.3, 0.4) is 0 Å². The van der Waals surface area contributed by atoms with Gasteiger partial charge in [0.05, 0.1) is 12.2 Å². The monoisotopic (exact) mass is 274 g/mol. The first kappa shape index (κ1) is 14.8. The maximum atomic E-state index is 9.10. The topological polar surface area (TPSA) is 56.5 Å². The summed E-state index contributed by atoms with van der Waals surface area (Å²) >= 11 is 0. The average molecular weight is 274 g/mol. The molecule has 0 spiro atoms. The molecular formula is C16H22N2O2. The van der Waals surface area contributed by atoms with Crippen molar-refractivity contribution in [1.82, 2.24) is 4.90 Å². The summed E-state index contributed by atoms with van der Waals surface area (Å²) in [6, 6.07) is 9.48. The number of likely N-dealkylation sites (tertiary alicyclic amines) is 1.